The van der Waals surface area contributed by atoms with E-state index in [0.29, 0.717) is 17.8 Å². The molecule has 11 heteroatoms. The SMILES string of the molecule is O=c1n(Cc2ccccc2)cc(-c2cccs2)n1Cc1ccc(C(F)(F)P(=O)(O)O)c(Br)c1. The van der Waals surface area contributed by atoms with E-state index in [1.54, 1.807) is 15.3 Å². The fourth-order valence-electron chi connectivity index (χ4n) is 3.44. The second kappa shape index (κ2) is 9.12. The highest BCUT2D eigenvalue weighted by Gasteiger charge is 2.51. The average molecular weight is 555 g/mol. The zero-order valence-corrected chi connectivity index (χ0v) is 20.2. The van der Waals surface area contributed by atoms with Gasteiger partial charge < -0.3 is 9.79 Å². The smallest absolute Gasteiger partial charge is 0.320 e. The zero-order chi connectivity index (χ0) is 23.8. The molecule has 0 spiro atoms. The van der Waals surface area contributed by atoms with Crippen molar-refractivity contribution in [2.75, 3.05) is 0 Å². The molecule has 0 saturated heterocycles. The van der Waals surface area contributed by atoms with Crippen LogP contribution in [0.4, 0.5) is 8.78 Å². The Morgan fingerprint density at radius 1 is 1.00 bits per heavy atom. The minimum Gasteiger partial charge on any atom is -0.320 e. The van der Waals surface area contributed by atoms with E-state index >= 15 is 0 Å². The molecular weight excluding hydrogens is 537 g/mol. The standard InChI is InChI=1S/C22H18BrF2N2O4PS/c23-18-11-16(8-9-17(18)22(24,25)32(29,30)31)13-27-19(20-7-4-10-33-20)14-26(21(27)28)12-15-5-2-1-3-6-15/h1-11,14H,12-13H2,(H2,29,30,31). The third-order valence-electron chi connectivity index (χ3n) is 5.08. The van der Waals surface area contributed by atoms with Crippen LogP contribution >= 0.6 is 34.9 Å². The van der Waals surface area contributed by atoms with Crippen LogP contribution in [0.2, 0.25) is 0 Å². The lowest BCUT2D eigenvalue weighted by molar-refractivity contribution is 0.0557. The summed E-state index contributed by atoms with van der Waals surface area (Å²) in [6.45, 7) is 0.469. The number of benzene rings is 2. The van der Waals surface area contributed by atoms with Crippen molar-refractivity contribution < 1.29 is 23.1 Å². The van der Waals surface area contributed by atoms with Crippen molar-refractivity contribution in [3.8, 4) is 10.6 Å². The van der Waals surface area contributed by atoms with E-state index in [4.69, 9.17) is 9.79 Å². The van der Waals surface area contributed by atoms with E-state index in [1.165, 1.54) is 23.5 Å². The first kappa shape index (κ1) is 23.8. The Balaban J connectivity index is 1.73. The van der Waals surface area contributed by atoms with E-state index < -0.39 is 18.8 Å². The summed E-state index contributed by atoms with van der Waals surface area (Å²) in [7, 11) is -5.70. The Labute approximate surface area is 200 Å². The van der Waals surface area contributed by atoms with Crippen molar-refractivity contribution in [3.05, 3.63) is 104 Å². The van der Waals surface area contributed by atoms with Crippen molar-refractivity contribution in [1.29, 1.82) is 0 Å². The number of hydrogen-bond donors (Lipinski definition) is 2. The van der Waals surface area contributed by atoms with Gasteiger partial charge in [0.1, 0.15) is 0 Å². The average Bonchev–Trinajstić information content (AvgIpc) is 3.38. The normalized spacial score (nSPS) is 12.3. The molecule has 2 aromatic carbocycles. The molecule has 172 valence electrons. The maximum Gasteiger partial charge on any atom is 0.399 e. The minimum absolute atomic E-state index is 0.0915. The van der Waals surface area contributed by atoms with Gasteiger partial charge in [-0.15, -0.1) is 11.3 Å². The van der Waals surface area contributed by atoms with Gasteiger partial charge in [0.05, 0.1) is 23.7 Å². The largest absolute Gasteiger partial charge is 0.399 e. The van der Waals surface area contributed by atoms with Crippen LogP contribution in [0, 0.1) is 0 Å². The van der Waals surface area contributed by atoms with E-state index in [1.807, 2.05) is 47.8 Å². The Hall–Kier alpha value is -2.36. The molecule has 0 aliphatic heterocycles. The molecule has 0 radical (unpaired) electrons. The predicted molar refractivity (Wildman–Crippen MR) is 127 cm³/mol. The number of nitrogens with zero attached hydrogens (tertiary/aromatic N) is 2. The van der Waals surface area contributed by atoms with Gasteiger partial charge in [-0.1, -0.05) is 64.5 Å². The van der Waals surface area contributed by atoms with Gasteiger partial charge >= 0.3 is 18.9 Å². The van der Waals surface area contributed by atoms with Gasteiger partial charge in [0.15, 0.2) is 0 Å². The maximum atomic E-state index is 14.2. The molecule has 0 aliphatic carbocycles. The first-order chi connectivity index (χ1) is 15.6. The van der Waals surface area contributed by atoms with Crippen LogP contribution in [0.3, 0.4) is 0 Å². The van der Waals surface area contributed by atoms with Gasteiger partial charge in [-0.2, -0.15) is 8.78 Å². The fourth-order valence-corrected chi connectivity index (χ4v) is 5.52. The van der Waals surface area contributed by atoms with Crippen LogP contribution in [0.15, 0.2) is 81.5 Å². The lowest BCUT2D eigenvalue weighted by Crippen LogP contribution is -2.25. The molecule has 0 aliphatic rings. The highest BCUT2D eigenvalue weighted by atomic mass is 79.9. The van der Waals surface area contributed by atoms with Gasteiger partial charge in [-0.05, 0) is 28.6 Å². The molecule has 0 bridgehead atoms. The zero-order valence-electron chi connectivity index (χ0n) is 16.9. The molecule has 2 heterocycles. The number of rotatable bonds is 7. The summed E-state index contributed by atoms with van der Waals surface area (Å²) < 4.78 is 42.5. The van der Waals surface area contributed by atoms with Crippen molar-refractivity contribution in [2.45, 2.75) is 18.8 Å². The topological polar surface area (TPSA) is 84.5 Å². The first-order valence-electron chi connectivity index (χ1n) is 9.68. The summed E-state index contributed by atoms with van der Waals surface area (Å²) in [5, 5.41) is 1.90. The highest BCUT2D eigenvalue weighted by Crippen LogP contribution is 2.60. The van der Waals surface area contributed by atoms with Gasteiger partial charge in [0, 0.05) is 16.2 Å². The Kier molecular flexibility index (Phi) is 6.57. The van der Waals surface area contributed by atoms with Gasteiger partial charge in [0.25, 0.3) is 0 Å². The molecule has 0 atom stereocenters. The summed E-state index contributed by atoms with van der Waals surface area (Å²) in [4.78, 5) is 32.2. The monoisotopic (exact) mass is 554 g/mol. The lowest BCUT2D eigenvalue weighted by Gasteiger charge is -2.19. The van der Waals surface area contributed by atoms with Crippen molar-refractivity contribution in [2.24, 2.45) is 0 Å². The molecule has 0 amide bonds. The second-order valence-electron chi connectivity index (χ2n) is 7.37. The summed E-state index contributed by atoms with van der Waals surface area (Å²) in [5.74, 6) is 0. The second-order valence-corrected chi connectivity index (χ2v) is 10.8. The molecule has 4 aromatic rings. The Morgan fingerprint density at radius 3 is 2.33 bits per heavy atom. The number of alkyl halides is 2. The molecule has 2 aromatic heterocycles. The van der Waals surface area contributed by atoms with E-state index in [9.17, 15) is 18.1 Å². The third kappa shape index (κ3) is 4.81. The minimum atomic E-state index is -5.70. The molecule has 33 heavy (non-hydrogen) atoms. The summed E-state index contributed by atoms with van der Waals surface area (Å²) >= 11 is 4.47. The van der Waals surface area contributed by atoms with Crippen LogP contribution in [0.5, 0.6) is 0 Å². The molecule has 6 nitrogen and oxygen atoms in total. The van der Waals surface area contributed by atoms with Crippen molar-refractivity contribution in [3.63, 3.8) is 0 Å². The van der Waals surface area contributed by atoms with E-state index in [2.05, 4.69) is 15.9 Å². The number of thiophene rings is 1. The number of halogens is 3. The Morgan fingerprint density at radius 2 is 1.73 bits per heavy atom. The third-order valence-corrected chi connectivity index (χ3v) is 7.60. The lowest BCUT2D eigenvalue weighted by atomic mass is 10.1. The van der Waals surface area contributed by atoms with E-state index in [0.717, 1.165) is 16.5 Å². The van der Waals surface area contributed by atoms with Crippen LogP contribution in [-0.2, 0) is 23.3 Å². The van der Waals surface area contributed by atoms with Gasteiger partial charge in [0.2, 0.25) is 0 Å². The predicted octanol–water partition coefficient (Wildman–Crippen LogP) is 5.46. The van der Waals surface area contributed by atoms with Crippen LogP contribution < -0.4 is 5.69 Å². The Bertz CT molecular complexity index is 1380. The first-order valence-corrected chi connectivity index (χ1v) is 13.0. The molecule has 0 unspecified atom stereocenters. The number of hydrogen-bond acceptors (Lipinski definition) is 3. The van der Waals surface area contributed by atoms with Crippen LogP contribution in [0.25, 0.3) is 10.6 Å². The quantitative estimate of drug-likeness (QED) is 0.297. The van der Waals surface area contributed by atoms with Crippen molar-refractivity contribution in [1.82, 2.24) is 9.13 Å². The van der Waals surface area contributed by atoms with Gasteiger partial charge in [-0.3, -0.25) is 13.7 Å². The highest BCUT2D eigenvalue weighted by molar-refractivity contribution is 9.10. The fraction of sp³-hybridized carbons (Fsp3) is 0.136. The molecule has 4 rings (SSSR count). The van der Waals surface area contributed by atoms with Crippen molar-refractivity contribution >= 4 is 34.9 Å². The molecule has 0 saturated carbocycles. The van der Waals surface area contributed by atoms with E-state index in [-0.39, 0.29) is 16.7 Å². The van der Waals surface area contributed by atoms with Gasteiger partial charge in [-0.25, -0.2) is 4.79 Å². The molecular formula is C22H18BrF2N2O4PS. The number of aromatic nitrogens is 2. The summed E-state index contributed by atoms with van der Waals surface area (Å²) in [6, 6.07) is 16.9. The molecule has 2 N–H and O–H groups in total. The maximum absolute atomic E-state index is 14.2. The summed E-state index contributed by atoms with van der Waals surface area (Å²) in [6.07, 6.45) is 1.77. The van der Waals surface area contributed by atoms with Crippen LogP contribution in [0.1, 0.15) is 16.7 Å². The summed E-state index contributed by atoms with van der Waals surface area (Å²) in [5.41, 5.74) is -3.24. The van der Waals surface area contributed by atoms with Crippen LogP contribution in [-0.4, -0.2) is 18.9 Å². The molecule has 0 fully saturated rings. The number of imidazole rings is 1.